The van der Waals surface area contributed by atoms with E-state index in [2.05, 4.69) is 31.1 Å². The molecule has 1 saturated carbocycles. The molecule has 1 aliphatic carbocycles. The van der Waals surface area contributed by atoms with Gasteiger partial charge in [0.25, 0.3) is 5.91 Å². The predicted octanol–water partition coefficient (Wildman–Crippen LogP) is 4.05. The molecule has 0 unspecified atom stereocenters. The molecule has 3 aromatic rings. The highest BCUT2D eigenvalue weighted by Gasteiger charge is 2.31. The van der Waals surface area contributed by atoms with E-state index >= 15 is 0 Å². The number of carbonyl (C=O) groups is 4. The molecule has 3 amide bonds. The molecular formula is C36H48N6O9. The number of aromatic nitrogens is 3. The first kappa shape index (κ1) is 38.6. The van der Waals surface area contributed by atoms with Gasteiger partial charge in [-0.05, 0) is 72.4 Å². The van der Waals surface area contributed by atoms with Crippen LogP contribution in [-0.2, 0) is 31.9 Å². The largest absolute Gasteiger partial charge is 0.490 e. The highest BCUT2D eigenvalue weighted by atomic mass is 16.6. The van der Waals surface area contributed by atoms with E-state index in [0.717, 1.165) is 18.4 Å². The van der Waals surface area contributed by atoms with Gasteiger partial charge in [-0.1, -0.05) is 35.5 Å². The number of esters is 1. The normalized spacial score (nSPS) is 14.1. The first-order valence-corrected chi connectivity index (χ1v) is 16.9. The quantitative estimate of drug-likeness (QED) is 0.181. The smallest absolute Gasteiger partial charge is 0.408 e. The molecule has 0 saturated heterocycles. The second-order valence-corrected chi connectivity index (χ2v) is 14.2. The molecule has 2 aromatic heterocycles. The summed E-state index contributed by atoms with van der Waals surface area (Å²) in [5, 5.41) is 12.2. The predicted molar refractivity (Wildman–Crippen MR) is 184 cm³/mol. The van der Waals surface area contributed by atoms with E-state index in [-0.39, 0.29) is 36.8 Å². The Kier molecular flexibility index (Phi) is 13.0. The van der Waals surface area contributed by atoms with Crippen molar-refractivity contribution in [1.82, 2.24) is 31.1 Å². The number of methoxy groups -OCH3 is 1. The second kappa shape index (κ2) is 17.1. The highest BCUT2D eigenvalue weighted by molar-refractivity contribution is 6.02. The number of alkyl carbamates (subject to hydrolysis) is 1. The molecule has 15 nitrogen and oxygen atoms in total. The Labute approximate surface area is 297 Å². The molecule has 0 spiro atoms. The molecule has 1 aliphatic rings. The minimum absolute atomic E-state index is 0.0679. The lowest BCUT2D eigenvalue weighted by atomic mass is 10.1. The number of hydrogen-bond acceptors (Lipinski definition) is 12. The van der Waals surface area contributed by atoms with Crippen molar-refractivity contribution in [1.29, 1.82) is 0 Å². The van der Waals surface area contributed by atoms with E-state index in [1.165, 1.54) is 19.4 Å². The number of benzene rings is 1. The Balaban J connectivity index is 1.50. The number of hydrogen-bond donors (Lipinski definition) is 3. The third-order valence-electron chi connectivity index (χ3n) is 7.26. The van der Waals surface area contributed by atoms with E-state index in [1.54, 1.807) is 41.5 Å². The number of nitrogens with one attached hydrogen (secondary N) is 3. The first-order chi connectivity index (χ1) is 24.1. The Morgan fingerprint density at radius 1 is 0.961 bits per heavy atom. The van der Waals surface area contributed by atoms with Crippen molar-refractivity contribution in [3.63, 3.8) is 0 Å². The number of rotatable bonds is 16. The van der Waals surface area contributed by atoms with Crippen LogP contribution in [0.3, 0.4) is 0 Å². The van der Waals surface area contributed by atoms with Crippen molar-refractivity contribution in [2.75, 3.05) is 20.3 Å². The average Bonchev–Trinajstić information content (AvgIpc) is 3.79. The maximum absolute atomic E-state index is 13.9. The second-order valence-electron chi connectivity index (χ2n) is 14.2. The summed E-state index contributed by atoms with van der Waals surface area (Å²) in [5.41, 5.74) is -0.723. The molecule has 276 valence electrons. The van der Waals surface area contributed by atoms with Gasteiger partial charge in [0.15, 0.2) is 5.82 Å². The summed E-state index contributed by atoms with van der Waals surface area (Å²) >= 11 is 0. The van der Waals surface area contributed by atoms with Gasteiger partial charge in [-0.15, -0.1) is 0 Å². The standard InChI is InChI=1S/C36H48N6O9/c1-35(2,3)49-28(43)20-25(31(44)37-18-16-27-41-30(42-51-27)23-13-14-23)40-32(45)29-26(15-17-38-33(29)47-7)48-21-24(19-22-11-9-8-10-12-22)39-34(46)50-36(4,5)6/h8-12,15,17,23-25H,13-14,16,18-21H2,1-7H3,(H,37,44)(H,39,46)(H,40,45)/t24-,25+/m1/s1. The maximum atomic E-state index is 13.9. The van der Waals surface area contributed by atoms with Crippen LogP contribution in [-0.4, -0.2) is 82.5 Å². The van der Waals surface area contributed by atoms with Gasteiger partial charge in [0.1, 0.15) is 35.2 Å². The summed E-state index contributed by atoms with van der Waals surface area (Å²) in [4.78, 5) is 61.4. The molecule has 3 N–H and O–H groups in total. The minimum Gasteiger partial charge on any atom is -0.490 e. The van der Waals surface area contributed by atoms with Crippen molar-refractivity contribution < 1.29 is 42.6 Å². The van der Waals surface area contributed by atoms with Crippen LogP contribution < -0.4 is 25.4 Å². The lowest BCUT2D eigenvalue weighted by molar-refractivity contribution is -0.156. The van der Waals surface area contributed by atoms with Crippen molar-refractivity contribution >= 4 is 23.9 Å². The SMILES string of the molecule is COc1nccc(OC[C@@H](Cc2ccccc2)NC(=O)OC(C)(C)C)c1C(=O)N[C@@H](CC(=O)OC(C)(C)C)C(=O)NCCc1nc(C2CC2)no1. The molecule has 0 radical (unpaired) electrons. The van der Waals surface area contributed by atoms with Crippen LogP contribution >= 0.6 is 0 Å². The molecule has 2 atom stereocenters. The van der Waals surface area contributed by atoms with Crippen LogP contribution in [0.4, 0.5) is 4.79 Å². The monoisotopic (exact) mass is 708 g/mol. The summed E-state index contributed by atoms with van der Waals surface area (Å²) in [5.74, 6) is -0.775. The van der Waals surface area contributed by atoms with Crippen molar-refractivity contribution in [3.05, 3.63) is 65.4 Å². The topological polar surface area (TPSA) is 193 Å². The average molecular weight is 709 g/mol. The van der Waals surface area contributed by atoms with E-state index < -0.39 is 53.6 Å². The van der Waals surface area contributed by atoms with Gasteiger partial charge in [-0.3, -0.25) is 14.4 Å². The maximum Gasteiger partial charge on any atom is 0.408 e. The molecule has 15 heteroatoms. The zero-order valence-corrected chi connectivity index (χ0v) is 30.2. The van der Waals surface area contributed by atoms with Crippen LogP contribution in [0.15, 0.2) is 47.1 Å². The van der Waals surface area contributed by atoms with Crippen LogP contribution in [0.2, 0.25) is 0 Å². The zero-order chi connectivity index (χ0) is 37.2. The molecule has 1 fully saturated rings. The fraction of sp³-hybridized carbons (Fsp3) is 0.528. The number of pyridine rings is 1. The summed E-state index contributed by atoms with van der Waals surface area (Å²) in [6, 6.07) is 9.06. The molecule has 51 heavy (non-hydrogen) atoms. The molecule has 1 aromatic carbocycles. The number of amides is 3. The van der Waals surface area contributed by atoms with Crippen LogP contribution in [0.25, 0.3) is 0 Å². The summed E-state index contributed by atoms with van der Waals surface area (Å²) < 4.78 is 27.7. The van der Waals surface area contributed by atoms with Crippen molar-refractivity contribution in [3.8, 4) is 11.6 Å². The van der Waals surface area contributed by atoms with Gasteiger partial charge in [-0.2, -0.15) is 4.98 Å². The Hall–Kier alpha value is -5.21. The van der Waals surface area contributed by atoms with E-state index in [0.29, 0.717) is 24.1 Å². The fourth-order valence-electron chi connectivity index (χ4n) is 4.91. The van der Waals surface area contributed by atoms with E-state index in [4.69, 9.17) is 23.5 Å². The van der Waals surface area contributed by atoms with Crippen LogP contribution in [0.1, 0.15) is 94.4 Å². The number of carbonyl (C=O) groups excluding carboxylic acids is 4. The molecule has 0 bridgehead atoms. The summed E-state index contributed by atoms with van der Waals surface area (Å²) in [6.45, 7) is 10.4. The highest BCUT2D eigenvalue weighted by Crippen LogP contribution is 2.38. The van der Waals surface area contributed by atoms with Gasteiger partial charge in [0, 0.05) is 25.1 Å². The molecule has 4 rings (SSSR count). The van der Waals surface area contributed by atoms with E-state index in [9.17, 15) is 19.2 Å². The molecule has 0 aliphatic heterocycles. The zero-order valence-electron chi connectivity index (χ0n) is 30.2. The van der Waals surface area contributed by atoms with Crippen LogP contribution in [0, 0.1) is 0 Å². The van der Waals surface area contributed by atoms with E-state index in [1.807, 2.05) is 30.3 Å². The molecule has 2 heterocycles. The van der Waals surface area contributed by atoms with Gasteiger partial charge >= 0.3 is 12.1 Å². The number of ether oxygens (including phenoxy) is 4. The third-order valence-corrected chi connectivity index (χ3v) is 7.26. The van der Waals surface area contributed by atoms with Crippen LogP contribution in [0.5, 0.6) is 11.6 Å². The fourth-order valence-corrected chi connectivity index (χ4v) is 4.91. The van der Waals surface area contributed by atoms with Gasteiger partial charge in [0.2, 0.25) is 17.7 Å². The summed E-state index contributed by atoms with van der Waals surface area (Å²) in [7, 11) is 1.34. The van der Waals surface area contributed by atoms with Gasteiger partial charge in [0.05, 0.1) is 19.6 Å². The Bertz CT molecular complexity index is 1640. The Morgan fingerprint density at radius 3 is 2.31 bits per heavy atom. The van der Waals surface area contributed by atoms with Gasteiger partial charge < -0.3 is 39.4 Å². The third kappa shape index (κ3) is 12.9. The number of nitrogens with zero attached hydrogens (tertiary/aromatic N) is 3. The lowest BCUT2D eigenvalue weighted by Gasteiger charge is -2.25. The first-order valence-electron chi connectivity index (χ1n) is 16.9. The van der Waals surface area contributed by atoms with Crippen molar-refractivity contribution in [2.45, 2.75) is 103 Å². The molecular weight excluding hydrogens is 660 g/mol. The minimum atomic E-state index is -1.34. The van der Waals surface area contributed by atoms with Gasteiger partial charge in [-0.25, -0.2) is 9.78 Å². The lowest BCUT2D eigenvalue weighted by Crippen LogP contribution is -2.49. The summed E-state index contributed by atoms with van der Waals surface area (Å²) in [6.07, 6.45) is 3.01. The van der Waals surface area contributed by atoms with Crippen molar-refractivity contribution in [2.24, 2.45) is 0 Å². The Morgan fingerprint density at radius 2 is 1.67 bits per heavy atom.